The lowest BCUT2D eigenvalue weighted by Gasteiger charge is -2.29. The Kier molecular flexibility index (Phi) is 4.70. The molecular formula is C23H18ClN7O3. The number of amides is 3. The maximum Gasteiger partial charge on any atom is 0.255 e. The highest BCUT2D eigenvalue weighted by molar-refractivity contribution is 6.30. The first-order valence-corrected chi connectivity index (χ1v) is 11.1. The Morgan fingerprint density at radius 2 is 1.97 bits per heavy atom. The molecule has 1 unspecified atom stereocenters. The summed E-state index contributed by atoms with van der Waals surface area (Å²) in [4.78, 5) is 42.7. The van der Waals surface area contributed by atoms with E-state index < -0.39 is 11.9 Å². The fourth-order valence-electron chi connectivity index (χ4n) is 4.50. The largest absolute Gasteiger partial charge is 0.322 e. The van der Waals surface area contributed by atoms with E-state index in [1.165, 1.54) is 4.90 Å². The van der Waals surface area contributed by atoms with E-state index in [-0.39, 0.29) is 18.2 Å². The van der Waals surface area contributed by atoms with Crippen LogP contribution in [0.3, 0.4) is 0 Å². The third-order valence-electron chi connectivity index (χ3n) is 6.15. The zero-order chi connectivity index (χ0) is 23.4. The number of piperidine rings is 1. The first-order chi connectivity index (χ1) is 16.4. The second-order valence-electron chi connectivity index (χ2n) is 8.42. The number of nitrogens with zero attached hydrogens (tertiary/aromatic N) is 6. The van der Waals surface area contributed by atoms with Crippen LogP contribution in [0.2, 0.25) is 5.02 Å². The van der Waals surface area contributed by atoms with Crippen LogP contribution < -0.4 is 5.32 Å². The van der Waals surface area contributed by atoms with Crippen LogP contribution in [0.1, 0.15) is 34.5 Å². The summed E-state index contributed by atoms with van der Waals surface area (Å²) in [6, 6.07) is 8.49. The number of rotatable bonds is 4. The molecule has 0 spiro atoms. The number of nitrogens with one attached hydrogen (secondary N) is 1. The molecule has 1 fully saturated rings. The highest BCUT2D eigenvalue weighted by atomic mass is 35.5. The van der Waals surface area contributed by atoms with E-state index in [1.54, 1.807) is 23.0 Å². The summed E-state index contributed by atoms with van der Waals surface area (Å²) in [5, 5.41) is 11.4. The Hall–Kier alpha value is -4.05. The molecule has 0 aliphatic carbocycles. The lowest BCUT2D eigenvalue weighted by Crippen LogP contribution is -2.52. The molecule has 3 amide bonds. The molecule has 11 heteroatoms. The zero-order valence-electron chi connectivity index (χ0n) is 17.8. The molecule has 4 aromatic rings. The Balaban J connectivity index is 1.21. The van der Waals surface area contributed by atoms with Gasteiger partial charge in [-0.15, -0.1) is 5.10 Å². The Morgan fingerprint density at radius 1 is 1.09 bits per heavy atom. The number of halogens is 1. The van der Waals surface area contributed by atoms with Gasteiger partial charge in [0.15, 0.2) is 0 Å². The number of carbonyl (C=O) groups excluding carboxylic acids is 3. The molecule has 5 heterocycles. The molecule has 10 nitrogen and oxygen atoms in total. The van der Waals surface area contributed by atoms with Crippen molar-refractivity contribution in [1.82, 2.24) is 34.6 Å². The van der Waals surface area contributed by atoms with Crippen molar-refractivity contribution >= 4 is 35.0 Å². The quantitative estimate of drug-likeness (QED) is 0.452. The summed E-state index contributed by atoms with van der Waals surface area (Å²) in [5.74, 6) is -0.926. The maximum atomic E-state index is 12.9. The SMILES string of the molecule is O=C1CCC(N2Cc3cc(-c4cn(Cc5cn6cc(Cl)ccc6n5)nn4)ccc3C2=O)C(=O)N1. The summed E-state index contributed by atoms with van der Waals surface area (Å²) in [5.41, 5.74) is 4.48. The van der Waals surface area contributed by atoms with Gasteiger partial charge in [-0.2, -0.15) is 0 Å². The number of fused-ring (bicyclic) bond motifs is 2. The number of benzene rings is 1. The molecule has 6 rings (SSSR count). The Morgan fingerprint density at radius 3 is 2.82 bits per heavy atom. The molecule has 1 atom stereocenters. The van der Waals surface area contributed by atoms with Gasteiger partial charge in [0.25, 0.3) is 5.91 Å². The Bertz CT molecular complexity index is 1490. The van der Waals surface area contributed by atoms with Gasteiger partial charge in [-0.25, -0.2) is 9.67 Å². The van der Waals surface area contributed by atoms with E-state index in [9.17, 15) is 14.4 Å². The van der Waals surface area contributed by atoms with E-state index in [0.29, 0.717) is 35.8 Å². The molecule has 1 N–H and O–H groups in total. The molecule has 0 saturated carbocycles. The minimum atomic E-state index is -0.637. The fourth-order valence-corrected chi connectivity index (χ4v) is 4.67. The third kappa shape index (κ3) is 3.52. The predicted molar refractivity (Wildman–Crippen MR) is 121 cm³/mol. The lowest BCUT2D eigenvalue weighted by molar-refractivity contribution is -0.136. The average molecular weight is 476 g/mol. The van der Waals surface area contributed by atoms with Crippen molar-refractivity contribution in [2.45, 2.75) is 32.0 Å². The van der Waals surface area contributed by atoms with Crippen molar-refractivity contribution in [3.05, 3.63) is 70.8 Å². The van der Waals surface area contributed by atoms with E-state index in [1.807, 2.05) is 35.0 Å². The predicted octanol–water partition coefficient (Wildman–Crippen LogP) is 2.06. The van der Waals surface area contributed by atoms with E-state index >= 15 is 0 Å². The van der Waals surface area contributed by atoms with Crippen molar-refractivity contribution in [1.29, 1.82) is 0 Å². The summed E-state index contributed by atoms with van der Waals surface area (Å²) in [7, 11) is 0. The maximum absolute atomic E-state index is 12.9. The van der Waals surface area contributed by atoms with Gasteiger partial charge in [0, 0.05) is 36.5 Å². The number of imidazole rings is 1. The number of carbonyl (C=O) groups is 3. The van der Waals surface area contributed by atoms with Crippen molar-refractivity contribution in [2.24, 2.45) is 0 Å². The van der Waals surface area contributed by atoms with Crippen molar-refractivity contribution < 1.29 is 14.4 Å². The molecule has 2 aliphatic heterocycles. The molecule has 1 aromatic carbocycles. The van der Waals surface area contributed by atoms with Gasteiger partial charge in [0.05, 0.1) is 23.5 Å². The minimum absolute atomic E-state index is 0.202. The lowest BCUT2D eigenvalue weighted by atomic mass is 10.0. The Labute approximate surface area is 198 Å². The molecule has 0 radical (unpaired) electrons. The standard InChI is InChI=1S/C23H18ClN7O3/c24-15-2-5-20-25-16(10-29(20)9-15)11-30-12-18(27-28-30)13-1-3-17-14(7-13)8-31(23(17)34)19-4-6-21(32)26-22(19)33/h1-3,5,7,9-10,12,19H,4,6,8,11H2,(H,26,32,33). The number of hydrogen-bond donors (Lipinski definition) is 1. The molecular weight excluding hydrogens is 458 g/mol. The van der Waals surface area contributed by atoms with Crippen LogP contribution in [0.5, 0.6) is 0 Å². The number of imide groups is 1. The normalized spacial score (nSPS) is 18.0. The van der Waals surface area contributed by atoms with Crippen molar-refractivity contribution in [3.8, 4) is 11.3 Å². The van der Waals surface area contributed by atoms with Crippen LogP contribution >= 0.6 is 11.6 Å². The fraction of sp³-hybridized carbons (Fsp3) is 0.217. The number of hydrogen-bond acceptors (Lipinski definition) is 6. The van der Waals surface area contributed by atoms with E-state index in [2.05, 4.69) is 20.6 Å². The highest BCUT2D eigenvalue weighted by Crippen LogP contribution is 2.30. The summed E-state index contributed by atoms with van der Waals surface area (Å²) >= 11 is 6.04. The van der Waals surface area contributed by atoms with Crippen LogP contribution in [0.15, 0.2) is 48.9 Å². The highest BCUT2D eigenvalue weighted by Gasteiger charge is 2.39. The molecule has 0 bridgehead atoms. The summed E-state index contributed by atoms with van der Waals surface area (Å²) in [6.45, 7) is 0.755. The molecule has 170 valence electrons. The van der Waals surface area contributed by atoms with Crippen molar-refractivity contribution in [3.63, 3.8) is 0 Å². The number of aromatic nitrogens is 5. The van der Waals surface area contributed by atoms with Gasteiger partial charge in [-0.05, 0) is 36.2 Å². The van der Waals surface area contributed by atoms with Gasteiger partial charge >= 0.3 is 0 Å². The van der Waals surface area contributed by atoms with Crippen LogP contribution in [-0.4, -0.2) is 53.0 Å². The smallest absolute Gasteiger partial charge is 0.255 e. The monoisotopic (exact) mass is 475 g/mol. The molecule has 3 aromatic heterocycles. The molecule has 34 heavy (non-hydrogen) atoms. The van der Waals surface area contributed by atoms with Crippen LogP contribution in [-0.2, 0) is 22.7 Å². The van der Waals surface area contributed by atoms with Crippen LogP contribution in [0.4, 0.5) is 0 Å². The van der Waals surface area contributed by atoms with Gasteiger partial charge in [0.1, 0.15) is 17.4 Å². The van der Waals surface area contributed by atoms with Gasteiger partial charge < -0.3 is 9.30 Å². The first kappa shape index (κ1) is 20.5. The van der Waals surface area contributed by atoms with Gasteiger partial charge in [-0.3, -0.25) is 19.7 Å². The molecule has 2 aliphatic rings. The second-order valence-corrected chi connectivity index (χ2v) is 8.85. The topological polar surface area (TPSA) is 114 Å². The average Bonchev–Trinajstić information content (AvgIpc) is 3.51. The van der Waals surface area contributed by atoms with E-state index in [0.717, 1.165) is 22.5 Å². The summed E-state index contributed by atoms with van der Waals surface area (Å²) < 4.78 is 3.56. The van der Waals surface area contributed by atoms with Crippen LogP contribution in [0, 0.1) is 0 Å². The first-order valence-electron chi connectivity index (χ1n) is 10.8. The van der Waals surface area contributed by atoms with E-state index in [4.69, 9.17) is 11.6 Å². The zero-order valence-corrected chi connectivity index (χ0v) is 18.6. The second kappa shape index (κ2) is 7.77. The molecule has 1 saturated heterocycles. The van der Waals surface area contributed by atoms with Gasteiger partial charge in [0.2, 0.25) is 11.8 Å². The minimum Gasteiger partial charge on any atom is -0.322 e. The van der Waals surface area contributed by atoms with Crippen molar-refractivity contribution in [2.75, 3.05) is 0 Å². The van der Waals surface area contributed by atoms with Gasteiger partial charge in [-0.1, -0.05) is 22.9 Å². The number of pyridine rings is 1. The summed E-state index contributed by atoms with van der Waals surface area (Å²) in [6.07, 6.45) is 6.08. The van der Waals surface area contributed by atoms with Crippen LogP contribution in [0.25, 0.3) is 16.9 Å². The third-order valence-corrected chi connectivity index (χ3v) is 6.37.